The van der Waals surface area contributed by atoms with E-state index in [0.29, 0.717) is 19.1 Å². The van der Waals surface area contributed by atoms with Crippen LogP contribution in [-0.2, 0) is 4.79 Å². The molecule has 3 heteroatoms. The highest BCUT2D eigenvalue weighted by Crippen LogP contribution is 2.40. The molecule has 0 atom stereocenters. The average Bonchev–Trinajstić information content (AvgIpc) is 2.35. The summed E-state index contributed by atoms with van der Waals surface area (Å²) in [7, 11) is 0. The van der Waals surface area contributed by atoms with Gasteiger partial charge in [-0.25, -0.2) is 8.78 Å². The zero-order valence-electron chi connectivity index (χ0n) is 5.65. The van der Waals surface area contributed by atoms with Crippen molar-refractivity contribution in [2.45, 2.75) is 32.1 Å². The lowest BCUT2D eigenvalue weighted by molar-refractivity contribution is -0.124. The van der Waals surface area contributed by atoms with Crippen LogP contribution >= 0.6 is 0 Å². The smallest absolute Gasteiger partial charge is 0.250 e. The summed E-state index contributed by atoms with van der Waals surface area (Å²) in [6.07, 6.45) is 0.242. The standard InChI is InChI=1S/C7H10F2O/c8-6(9)7(5-10)3-1-2-4-7/h5-6H,1-4H2. The minimum Gasteiger partial charge on any atom is -0.303 e. The van der Waals surface area contributed by atoms with E-state index in [1.807, 2.05) is 0 Å². The van der Waals surface area contributed by atoms with Gasteiger partial charge in [0.15, 0.2) is 0 Å². The Morgan fingerprint density at radius 2 is 1.80 bits per heavy atom. The van der Waals surface area contributed by atoms with Gasteiger partial charge >= 0.3 is 0 Å². The molecule has 0 bridgehead atoms. The molecule has 1 nitrogen and oxygen atoms in total. The van der Waals surface area contributed by atoms with E-state index in [1.54, 1.807) is 0 Å². The summed E-state index contributed by atoms with van der Waals surface area (Å²) in [5, 5.41) is 0. The Balaban J connectivity index is 2.67. The number of carbonyl (C=O) groups excluding carboxylic acids is 1. The molecule has 1 saturated carbocycles. The SMILES string of the molecule is O=CC1(C(F)F)CCCC1. The number of aldehydes is 1. The summed E-state index contributed by atoms with van der Waals surface area (Å²) in [6.45, 7) is 0. The van der Waals surface area contributed by atoms with Crippen LogP contribution in [0.3, 0.4) is 0 Å². The van der Waals surface area contributed by atoms with Crippen molar-refractivity contribution in [3.05, 3.63) is 0 Å². The molecule has 0 radical (unpaired) electrons. The van der Waals surface area contributed by atoms with E-state index in [2.05, 4.69) is 0 Å². The molecule has 0 aromatic rings. The number of alkyl halides is 2. The van der Waals surface area contributed by atoms with Crippen LogP contribution in [0.5, 0.6) is 0 Å². The highest BCUT2D eigenvalue weighted by atomic mass is 19.3. The van der Waals surface area contributed by atoms with Gasteiger partial charge in [-0.3, -0.25) is 0 Å². The Morgan fingerprint density at radius 1 is 1.30 bits per heavy atom. The molecule has 10 heavy (non-hydrogen) atoms. The fourth-order valence-corrected chi connectivity index (χ4v) is 1.42. The van der Waals surface area contributed by atoms with Crippen molar-refractivity contribution in [3.8, 4) is 0 Å². The lowest BCUT2D eigenvalue weighted by atomic mass is 9.89. The predicted octanol–water partition coefficient (Wildman–Crippen LogP) is 2.01. The van der Waals surface area contributed by atoms with Gasteiger partial charge in [0, 0.05) is 0 Å². The minimum absolute atomic E-state index is 0.369. The lowest BCUT2D eigenvalue weighted by Crippen LogP contribution is -2.27. The van der Waals surface area contributed by atoms with E-state index < -0.39 is 11.8 Å². The van der Waals surface area contributed by atoms with Crippen molar-refractivity contribution >= 4 is 6.29 Å². The largest absolute Gasteiger partial charge is 0.303 e. The van der Waals surface area contributed by atoms with E-state index in [9.17, 15) is 13.6 Å². The van der Waals surface area contributed by atoms with Crippen LogP contribution in [-0.4, -0.2) is 12.7 Å². The van der Waals surface area contributed by atoms with Gasteiger partial charge in [-0.15, -0.1) is 0 Å². The maximum atomic E-state index is 12.2. The number of rotatable bonds is 2. The average molecular weight is 148 g/mol. The van der Waals surface area contributed by atoms with Crippen molar-refractivity contribution in [3.63, 3.8) is 0 Å². The van der Waals surface area contributed by atoms with Crippen LogP contribution < -0.4 is 0 Å². The topological polar surface area (TPSA) is 17.1 Å². The number of hydrogen-bond donors (Lipinski definition) is 0. The Labute approximate surface area is 58.4 Å². The molecule has 1 aliphatic rings. The second-order valence-corrected chi connectivity index (χ2v) is 2.86. The summed E-state index contributed by atoms with van der Waals surface area (Å²) in [5.74, 6) is 0. The summed E-state index contributed by atoms with van der Waals surface area (Å²) in [5.41, 5.74) is -1.28. The van der Waals surface area contributed by atoms with Crippen LogP contribution in [0.4, 0.5) is 8.78 Å². The Hall–Kier alpha value is -0.470. The van der Waals surface area contributed by atoms with Gasteiger partial charge in [-0.2, -0.15) is 0 Å². The second-order valence-electron chi connectivity index (χ2n) is 2.86. The molecule has 1 rings (SSSR count). The third kappa shape index (κ3) is 1.04. The summed E-state index contributed by atoms with van der Waals surface area (Å²) >= 11 is 0. The van der Waals surface area contributed by atoms with Gasteiger partial charge in [-0.1, -0.05) is 12.8 Å². The molecule has 1 fully saturated rings. The van der Waals surface area contributed by atoms with E-state index in [-0.39, 0.29) is 0 Å². The minimum atomic E-state index is -2.47. The zero-order chi connectivity index (χ0) is 7.61. The van der Waals surface area contributed by atoms with E-state index >= 15 is 0 Å². The first kappa shape index (κ1) is 7.63. The fourth-order valence-electron chi connectivity index (χ4n) is 1.42. The zero-order valence-corrected chi connectivity index (χ0v) is 5.65. The van der Waals surface area contributed by atoms with E-state index in [0.717, 1.165) is 12.8 Å². The van der Waals surface area contributed by atoms with Crippen molar-refractivity contribution in [2.75, 3.05) is 0 Å². The van der Waals surface area contributed by atoms with Crippen LogP contribution in [0, 0.1) is 5.41 Å². The Kier molecular flexibility index (Phi) is 2.02. The molecular weight excluding hydrogens is 138 g/mol. The molecular formula is C7H10F2O. The maximum absolute atomic E-state index is 12.2. The molecule has 1 aliphatic carbocycles. The van der Waals surface area contributed by atoms with Crippen molar-refractivity contribution in [2.24, 2.45) is 5.41 Å². The molecule has 0 unspecified atom stereocenters. The third-order valence-corrected chi connectivity index (χ3v) is 2.20. The highest BCUT2D eigenvalue weighted by Gasteiger charge is 2.42. The Morgan fingerprint density at radius 3 is 2.00 bits per heavy atom. The van der Waals surface area contributed by atoms with Gasteiger partial charge < -0.3 is 4.79 Å². The number of carbonyl (C=O) groups is 1. The van der Waals surface area contributed by atoms with Crippen molar-refractivity contribution in [1.82, 2.24) is 0 Å². The van der Waals surface area contributed by atoms with Gasteiger partial charge in [0.1, 0.15) is 6.29 Å². The molecule has 0 amide bonds. The normalized spacial score (nSPS) is 23.5. The monoisotopic (exact) mass is 148 g/mol. The number of halogens is 2. The van der Waals surface area contributed by atoms with Crippen LogP contribution in [0.15, 0.2) is 0 Å². The van der Waals surface area contributed by atoms with Crippen LogP contribution in [0.25, 0.3) is 0 Å². The Bertz CT molecular complexity index is 128. The molecule has 58 valence electrons. The molecule has 0 aromatic heterocycles. The molecule has 0 heterocycles. The van der Waals surface area contributed by atoms with Crippen molar-refractivity contribution in [1.29, 1.82) is 0 Å². The van der Waals surface area contributed by atoms with Crippen molar-refractivity contribution < 1.29 is 13.6 Å². The van der Waals surface area contributed by atoms with Crippen LogP contribution in [0.2, 0.25) is 0 Å². The molecule has 0 aliphatic heterocycles. The highest BCUT2D eigenvalue weighted by molar-refractivity contribution is 5.60. The predicted molar refractivity (Wildman–Crippen MR) is 33.0 cm³/mol. The van der Waals surface area contributed by atoms with E-state index in [4.69, 9.17) is 0 Å². The van der Waals surface area contributed by atoms with E-state index in [1.165, 1.54) is 0 Å². The summed E-state index contributed by atoms with van der Waals surface area (Å²) < 4.78 is 24.3. The van der Waals surface area contributed by atoms with Gasteiger partial charge in [0.05, 0.1) is 5.41 Å². The summed E-state index contributed by atoms with van der Waals surface area (Å²) in [6, 6.07) is 0. The maximum Gasteiger partial charge on any atom is 0.250 e. The summed E-state index contributed by atoms with van der Waals surface area (Å²) in [4.78, 5) is 10.3. The third-order valence-electron chi connectivity index (χ3n) is 2.20. The number of hydrogen-bond acceptors (Lipinski definition) is 1. The fraction of sp³-hybridized carbons (Fsp3) is 0.857. The first-order chi connectivity index (χ1) is 4.71. The quantitative estimate of drug-likeness (QED) is 0.547. The van der Waals surface area contributed by atoms with Crippen LogP contribution in [0.1, 0.15) is 25.7 Å². The van der Waals surface area contributed by atoms with Gasteiger partial charge in [0.25, 0.3) is 6.43 Å². The first-order valence-corrected chi connectivity index (χ1v) is 3.46. The lowest BCUT2D eigenvalue weighted by Gasteiger charge is -2.19. The molecule has 0 N–H and O–H groups in total. The second kappa shape index (κ2) is 2.64. The first-order valence-electron chi connectivity index (χ1n) is 3.46. The molecule has 0 saturated heterocycles. The molecule has 0 spiro atoms. The van der Waals surface area contributed by atoms with Gasteiger partial charge in [0.2, 0.25) is 0 Å². The molecule has 0 aromatic carbocycles. The van der Waals surface area contributed by atoms with Gasteiger partial charge in [-0.05, 0) is 12.8 Å².